The van der Waals surface area contributed by atoms with Gasteiger partial charge < -0.3 is 15.7 Å². The van der Waals surface area contributed by atoms with Crippen molar-refractivity contribution >= 4 is 35.1 Å². The lowest BCUT2D eigenvalue weighted by Gasteiger charge is -2.29. The van der Waals surface area contributed by atoms with Crippen LogP contribution in [-0.2, 0) is 16.6 Å². The third-order valence-corrected chi connectivity index (χ3v) is 7.36. The number of hydrogen-bond acceptors (Lipinski definition) is 3. The molecule has 6 nitrogen and oxygen atoms in total. The Morgan fingerprint density at radius 2 is 1.64 bits per heavy atom. The molecule has 3 aromatic carbocycles. The van der Waals surface area contributed by atoms with E-state index in [0.29, 0.717) is 41.2 Å². The van der Waals surface area contributed by atoms with E-state index in [9.17, 15) is 19.5 Å². The van der Waals surface area contributed by atoms with Crippen molar-refractivity contribution in [3.63, 3.8) is 0 Å². The Balaban J connectivity index is 1.33. The molecular weight excluding hydrogens is 512 g/mol. The van der Waals surface area contributed by atoms with Crippen LogP contribution in [0.25, 0.3) is 0 Å². The monoisotopic (exact) mass is 542 g/mol. The number of rotatable bonds is 10. The lowest BCUT2D eigenvalue weighted by molar-refractivity contribution is -0.141. The Kier molecular flexibility index (Phi) is 8.99. The smallest absolute Gasteiger partial charge is 0.323 e. The van der Waals surface area contributed by atoms with Crippen LogP contribution in [0.4, 0.5) is 10.5 Å². The van der Waals surface area contributed by atoms with Crippen LogP contribution in [0.5, 0.6) is 0 Å². The minimum atomic E-state index is -0.951. The Bertz CT molecular complexity index is 1400. The molecular formula is C32H31ClN2O4. The van der Waals surface area contributed by atoms with E-state index in [1.54, 1.807) is 36.4 Å². The highest BCUT2D eigenvalue weighted by atomic mass is 35.5. The largest absolute Gasteiger partial charge is 0.481 e. The summed E-state index contributed by atoms with van der Waals surface area (Å²) in [5, 5.41) is 15.7. The maximum absolute atomic E-state index is 12.9. The van der Waals surface area contributed by atoms with E-state index in [2.05, 4.69) is 17.6 Å². The van der Waals surface area contributed by atoms with Crippen LogP contribution in [0.2, 0.25) is 5.02 Å². The number of hydrogen-bond donors (Lipinski definition) is 3. The molecule has 0 fully saturated rings. The van der Waals surface area contributed by atoms with Gasteiger partial charge in [-0.15, -0.1) is 0 Å². The number of carbonyl (C=O) groups is 3. The summed E-state index contributed by atoms with van der Waals surface area (Å²) in [5.41, 5.74) is 3.47. The Labute approximate surface area is 233 Å². The number of carboxylic acids is 1. The molecule has 3 N–H and O–H groups in total. The first-order valence-electron chi connectivity index (χ1n) is 12.9. The quantitative estimate of drug-likeness (QED) is 0.237. The first-order chi connectivity index (χ1) is 18.7. The first-order valence-corrected chi connectivity index (χ1v) is 13.2. The molecule has 2 unspecified atom stereocenters. The minimum absolute atomic E-state index is 0.0350. The predicted molar refractivity (Wildman–Crippen MR) is 154 cm³/mol. The number of aryl methyl sites for hydroxylation is 1. The average Bonchev–Trinajstić information content (AvgIpc) is 2.94. The van der Waals surface area contributed by atoms with E-state index in [1.165, 1.54) is 0 Å². The molecule has 0 bridgehead atoms. The lowest BCUT2D eigenvalue weighted by atomic mass is 9.76. The van der Waals surface area contributed by atoms with Crippen LogP contribution < -0.4 is 10.6 Å². The normalized spacial score (nSPS) is 17.1. The highest BCUT2D eigenvalue weighted by Gasteiger charge is 2.26. The van der Waals surface area contributed by atoms with Crippen LogP contribution in [-0.4, -0.2) is 22.9 Å². The van der Waals surface area contributed by atoms with E-state index in [4.69, 9.17) is 11.6 Å². The number of carboxylic acid groups (broad SMARTS) is 1. The summed E-state index contributed by atoms with van der Waals surface area (Å²) in [6.45, 7) is 2.08. The summed E-state index contributed by atoms with van der Waals surface area (Å²) >= 11 is 6.10. The number of halogens is 1. The fourth-order valence-corrected chi connectivity index (χ4v) is 4.75. The Morgan fingerprint density at radius 3 is 2.28 bits per heavy atom. The summed E-state index contributed by atoms with van der Waals surface area (Å²) in [4.78, 5) is 37.1. The molecule has 0 aliphatic heterocycles. The molecule has 0 spiro atoms. The summed E-state index contributed by atoms with van der Waals surface area (Å²) < 4.78 is 0. The van der Waals surface area contributed by atoms with Gasteiger partial charge in [-0.3, -0.25) is 9.59 Å². The zero-order valence-corrected chi connectivity index (χ0v) is 22.4. The van der Waals surface area contributed by atoms with Crippen LogP contribution >= 0.6 is 11.6 Å². The number of urea groups is 1. The van der Waals surface area contributed by atoms with Gasteiger partial charge in [0.15, 0.2) is 5.78 Å². The number of ketones is 1. The summed E-state index contributed by atoms with van der Waals surface area (Å²) in [5.74, 6) is -1.86. The zero-order chi connectivity index (χ0) is 27.8. The van der Waals surface area contributed by atoms with Gasteiger partial charge in [-0.1, -0.05) is 97.4 Å². The third kappa shape index (κ3) is 7.45. The summed E-state index contributed by atoms with van der Waals surface area (Å²) in [6.07, 6.45) is 7.48. The van der Waals surface area contributed by atoms with Crippen LogP contribution in [0, 0.1) is 5.92 Å². The van der Waals surface area contributed by atoms with Crippen molar-refractivity contribution in [2.24, 2.45) is 5.92 Å². The molecule has 0 saturated heterocycles. The molecule has 0 saturated carbocycles. The standard InChI is InChI=1S/C32H31ClN2O4/c1-32(19-17-26(18-20-32)34-31(39)35-28-10-6-5-9-27(28)33)25-15-13-23(14-16-25)29(36)21-24(30(37)38)12-11-22-7-3-2-4-8-22/h2-10,13-19,24H,11-12,20-21H2,1H3,(H,37,38)(H2,34,35,39). The number of allylic oxidation sites excluding steroid dienone is 3. The molecule has 2 amide bonds. The molecule has 0 radical (unpaired) electrons. The van der Waals surface area contributed by atoms with Gasteiger partial charge in [-0.2, -0.15) is 0 Å². The van der Waals surface area contributed by atoms with Gasteiger partial charge in [-0.05, 0) is 48.6 Å². The predicted octanol–water partition coefficient (Wildman–Crippen LogP) is 7.17. The van der Waals surface area contributed by atoms with Gasteiger partial charge in [0.05, 0.1) is 16.6 Å². The van der Waals surface area contributed by atoms with Gasteiger partial charge in [0.25, 0.3) is 0 Å². The minimum Gasteiger partial charge on any atom is -0.481 e. The molecule has 0 aromatic heterocycles. The second kappa shape index (κ2) is 12.6. The second-order valence-electron chi connectivity index (χ2n) is 9.94. The fraction of sp³-hybridized carbons (Fsp3) is 0.219. The number of aliphatic carboxylic acids is 1. The van der Waals surface area contributed by atoms with Crippen molar-refractivity contribution < 1.29 is 19.5 Å². The number of anilines is 1. The SMILES string of the molecule is CC1(c2ccc(C(=O)CC(CCc3ccccc3)C(=O)O)cc2)C=CC(NC(=O)Nc2ccccc2Cl)=CC1. The van der Waals surface area contributed by atoms with Gasteiger partial charge in [0.1, 0.15) is 0 Å². The molecule has 7 heteroatoms. The highest BCUT2D eigenvalue weighted by Crippen LogP contribution is 2.33. The molecule has 4 rings (SSSR count). The topological polar surface area (TPSA) is 95.5 Å². The van der Waals surface area contributed by atoms with E-state index < -0.39 is 11.9 Å². The summed E-state index contributed by atoms with van der Waals surface area (Å²) in [7, 11) is 0. The number of para-hydroxylation sites is 1. The van der Waals surface area contributed by atoms with Gasteiger partial charge in [0.2, 0.25) is 0 Å². The van der Waals surface area contributed by atoms with Gasteiger partial charge in [-0.25, -0.2) is 4.79 Å². The van der Waals surface area contributed by atoms with Crippen molar-refractivity contribution in [2.45, 2.75) is 38.0 Å². The Morgan fingerprint density at radius 1 is 0.949 bits per heavy atom. The molecule has 2 atom stereocenters. The molecule has 1 aliphatic rings. The van der Waals surface area contributed by atoms with E-state index in [-0.39, 0.29) is 23.7 Å². The fourth-order valence-electron chi connectivity index (χ4n) is 4.56. The van der Waals surface area contributed by atoms with Gasteiger partial charge >= 0.3 is 12.0 Å². The number of amides is 2. The number of benzene rings is 3. The van der Waals surface area contributed by atoms with Gasteiger partial charge in [0, 0.05) is 23.1 Å². The number of carbonyl (C=O) groups excluding carboxylic acids is 2. The highest BCUT2D eigenvalue weighted by molar-refractivity contribution is 6.33. The van der Waals surface area contributed by atoms with Crippen LogP contribution in [0.3, 0.4) is 0 Å². The average molecular weight is 543 g/mol. The van der Waals surface area contributed by atoms with Crippen LogP contribution in [0.15, 0.2) is 103 Å². The van der Waals surface area contributed by atoms with Crippen molar-refractivity contribution in [1.29, 1.82) is 0 Å². The van der Waals surface area contributed by atoms with Crippen molar-refractivity contribution in [2.75, 3.05) is 5.32 Å². The molecule has 200 valence electrons. The van der Waals surface area contributed by atoms with Crippen molar-refractivity contribution in [3.05, 3.63) is 125 Å². The van der Waals surface area contributed by atoms with E-state index >= 15 is 0 Å². The third-order valence-electron chi connectivity index (χ3n) is 7.03. The molecule has 3 aromatic rings. The Hall–Kier alpha value is -4.16. The van der Waals surface area contributed by atoms with Crippen molar-refractivity contribution in [1.82, 2.24) is 5.32 Å². The van der Waals surface area contributed by atoms with E-state index in [1.807, 2.05) is 60.7 Å². The lowest BCUT2D eigenvalue weighted by Crippen LogP contribution is -2.30. The number of nitrogens with one attached hydrogen (secondary N) is 2. The maximum atomic E-state index is 12.9. The zero-order valence-electron chi connectivity index (χ0n) is 21.7. The van der Waals surface area contributed by atoms with E-state index in [0.717, 1.165) is 11.1 Å². The number of Topliss-reactive ketones (excluding diaryl/α,β-unsaturated/α-hetero) is 1. The molecule has 1 aliphatic carbocycles. The molecule has 0 heterocycles. The summed E-state index contributed by atoms with van der Waals surface area (Å²) in [6, 6.07) is 23.7. The first kappa shape index (κ1) is 27.9. The molecule has 39 heavy (non-hydrogen) atoms. The second-order valence-corrected chi connectivity index (χ2v) is 10.3. The maximum Gasteiger partial charge on any atom is 0.323 e. The van der Waals surface area contributed by atoms with Crippen molar-refractivity contribution in [3.8, 4) is 0 Å². The van der Waals surface area contributed by atoms with Crippen LogP contribution in [0.1, 0.15) is 47.7 Å².